The first-order valence-corrected chi connectivity index (χ1v) is 4.97. The molecule has 2 heteroatoms. The molecule has 0 saturated carbocycles. The summed E-state index contributed by atoms with van der Waals surface area (Å²) in [6, 6.07) is 0. The zero-order valence-electron chi connectivity index (χ0n) is 8.60. The Bertz CT molecular complexity index is 123. The third-order valence-electron chi connectivity index (χ3n) is 2.11. The lowest BCUT2D eigenvalue weighted by Gasteiger charge is -2.18. The minimum atomic E-state index is 0.203. The number of rotatable bonds is 6. The lowest BCUT2D eigenvalue weighted by atomic mass is 10.2. The van der Waals surface area contributed by atoms with E-state index in [2.05, 4.69) is 6.92 Å². The molecule has 0 rings (SSSR count). The highest BCUT2D eigenvalue weighted by Gasteiger charge is 2.03. The molecule has 0 aromatic rings. The number of hydrogen-bond acceptors (Lipinski definition) is 1. The molecule has 0 aliphatic heterocycles. The van der Waals surface area contributed by atoms with Crippen LogP contribution in [0, 0.1) is 0 Å². The Morgan fingerprint density at radius 2 is 1.83 bits per heavy atom. The van der Waals surface area contributed by atoms with Crippen LogP contribution < -0.4 is 0 Å². The molecule has 72 valence electrons. The van der Waals surface area contributed by atoms with E-state index in [0.717, 1.165) is 19.5 Å². The lowest BCUT2D eigenvalue weighted by Crippen LogP contribution is -2.29. The van der Waals surface area contributed by atoms with Gasteiger partial charge in [0.15, 0.2) is 0 Å². The van der Waals surface area contributed by atoms with Gasteiger partial charge in [0.2, 0.25) is 5.91 Å². The molecule has 0 aliphatic rings. The van der Waals surface area contributed by atoms with Crippen LogP contribution in [0.4, 0.5) is 0 Å². The van der Waals surface area contributed by atoms with Crippen LogP contribution in [0.3, 0.4) is 0 Å². The van der Waals surface area contributed by atoms with Crippen molar-refractivity contribution in [3.8, 4) is 0 Å². The first kappa shape index (κ1) is 11.5. The number of amides is 1. The van der Waals surface area contributed by atoms with E-state index in [-0.39, 0.29) is 5.91 Å². The molecular weight excluding hydrogens is 150 g/mol. The summed E-state index contributed by atoms with van der Waals surface area (Å²) in [5.74, 6) is 0.203. The smallest absolute Gasteiger partial charge is 0.219 e. The van der Waals surface area contributed by atoms with Crippen molar-refractivity contribution in [1.29, 1.82) is 0 Å². The molecule has 0 aromatic carbocycles. The van der Waals surface area contributed by atoms with Crippen molar-refractivity contribution in [2.75, 3.05) is 13.1 Å². The summed E-state index contributed by atoms with van der Waals surface area (Å²) < 4.78 is 0. The molecule has 12 heavy (non-hydrogen) atoms. The van der Waals surface area contributed by atoms with E-state index in [4.69, 9.17) is 0 Å². The Morgan fingerprint density at radius 1 is 1.17 bits per heavy atom. The van der Waals surface area contributed by atoms with Gasteiger partial charge in [0.1, 0.15) is 0 Å². The predicted octanol–water partition coefficient (Wildman–Crippen LogP) is 2.44. The minimum Gasteiger partial charge on any atom is -0.343 e. The van der Waals surface area contributed by atoms with Crippen molar-refractivity contribution in [1.82, 2.24) is 4.90 Å². The summed E-state index contributed by atoms with van der Waals surface area (Å²) in [5.41, 5.74) is 0. The normalized spacial score (nSPS) is 9.92. The Balaban J connectivity index is 3.38. The Morgan fingerprint density at radius 3 is 2.25 bits per heavy atom. The molecule has 2 nitrogen and oxygen atoms in total. The van der Waals surface area contributed by atoms with Gasteiger partial charge in [-0.2, -0.15) is 0 Å². The number of nitrogens with zero attached hydrogens (tertiary/aromatic N) is 1. The minimum absolute atomic E-state index is 0.203. The first-order chi connectivity index (χ1) is 5.72. The maximum Gasteiger partial charge on any atom is 0.219 e. The maximum atomic E-state index is 11.0. The molecule has 0 N–H and O–H groups in total. The molecule has 1 amide bonds. The molecule has 0 aliphatic carbocycles. The lowest BCUT2D eigenvalue weighted by molar-refractivity contribution is -0.128. The number of hydrogen-bond donors (Lipinski definition) is 0. The van der Waals surface area contributed by atoms with Gasteiger partial charge in [-0.1, -0.05) is 26.2 Å². The van der Waals surface area contributed by atoms with E-state index in [9.17, 15) is 4.79 Å². The monoisotopic (exact) mass is 171 g/mol. The fourth-order valence-electron chi connectivity index (χ4n) is 1.27. The fraction of sp³-hybridized carbons (Fsp3) is 0.900. The second-order valence-corrected chi connectivity index (χ2v) is 3.16. The van der Waals surface area contributed by atoms with E-state index in [1.165, 1.54) is 19.3 Å². The van der Waals surface area contributed by atoms with Crippen molar-refractivity contribution in [2.45, 2.75) is 46.5 Å². The highest BCUT2D eigenvalue weighted by atomic mass is 16.2. The molecule has 0 radical (unpaired) electrons. The molecule has 0 aromatic heterocycles. The van der Waals surface area contributed by atoms with Crippen molar-refractivity contribution < 1.29 is 4.79 Å². The molecule has 0 atom stereocenters. The number of carbonyl (C=O) groups excluding carboxylic acids is 1. The van der Waals surface area contributed by atoms with E-state index in [1.54, 1.807) is 6.92 Å². The Kier molecular flexibility index (Phi) is 6.82. The standard InChI is InChI=1S/C10H21NO/c1-4-6-7-8-9-11(5-2)10(3)12/h4-9H2,1-3H3. The molecule has 0 fully saturated rings. The molecule has 0 bridgehead atoms. The van der Waals surface area contributed by atoms with Gasteiger partial charge in [-0.3, -0.25) is 4.79 Å². The van der Waals surface area contributed by atoms with Crippen LogP contribution in [0.5, 0.6) is 0 Å². The maximum absolute atomic E-state index is 11.0. The van der Waals surface area contributed by atoms with Crippen molar-refractivity contribution in [2.24, 2.45) is 0 Å². The van der Waals surface area contributed by atoms with E-state index in [0.29, 0.717) is 0 Å². The van der Waals surface area contributed by atoms with Gasteiger partial charge in [0.25, 0.3) is 0 Å². The number of unbranched alkanes of at least 4 members (excludes halogenated alkanes) is 3. The quantitative estimate of drug-likeness (QED) is 0.562. The average molecular weight is 171 g/mol. The largest absolute Gasteiger partial charge is 0.343 e. The molecule has 0 unspecified atom stereocenters. The van der Waals surface area contributed by atoms with Gasteiger partial charge in [-0.05, 0) is 13.3 Å². The summed E-state index contributed by atoms with van der Waals surface area (Å²) >= 11 is 0. The van der Waals surface area contributed by atoms with E-state index >= 15 is 0 Å². The molecule has 0 spiro atoms. The first-order valence-electron chi connectivity index (χ1n) is 4.97. The van der Waals surface area contributed by atoms with Crippen molar-refractivity contribution in [3.63, 3.8) is 0 Å². The van der Waals surface area contributed by atoms with Gasteiger partial charge < -0.3 is 4.90 Å². The van der Waals surface area contributed by atoms with Crippen molar-refractivity contribution in [3.05, 3.63) is 0 Å². The van der Waals surface area contributed by atoms with Gasteiger partial charge in [0, 0.05) is 20.0 Å². The van der Waals surface area contributed by atoms with Gasteiger partial charge in [-0.25, -0.2) is 0 Å². The highest BCUT2D eigenvalue weighted by molar-refractivity contribution is 5.73. The summed E-state index contributed by atoms with van der Waals surface area (Å²) in [6.45, 7) is 7.65. The van der Waals surface area contributed by atoms with Crippen LogP contribution in [0.2, 0.25) is 0 Å². The topological polar surface area (TPSA) is 20.3 Å². The van der Waals surface area contributed by atoms with Gasteiger partial charge in [-0.15, -0.1) is 0 Å². The van der Waals surface area contributed by atoms with Gasteiger partial charge in [0.05, 0.1) is 0 Å². The summed E-state index contributed by atoms with van der Waals surface area (Å²) in [6.07, 6.45) is 4.95. The summed E-state index contributed by atoms with van der Waals surface area (Å²) in [7, 11) is 0. The Hall–Kier alpha value is -0.530. The van der Waals surface area contributed by atoms with Crippen LogP contribution in [-0.4, -0.2) is 23.9 Å². The molecule has 0 heterocycles. The zero-order chi connectivity index (χ0) is 9.40. The van der Waals surface area contributed by atoms with Crippen LogP contribution in [0.25, 0.3) is 0 Å². The van der Waals surface area contributed by atoms with Crippen LogP contribution >= 0.6 is 0 Å². The van der Waals surface area contributed by atoms with Crippen LogP contribution in [0.1, 0.15) is 46.5 Å². The highest BCUT2D eigenvalue weighted by Crippen LogP contribution is 2.01. The second-order valence-electron chi connectivity index (χ2n) is 3.16. The van der Waals surface area contributed by atoms with Crippen molar-refractivity contribution >= 4 is 5.91 Å². The second kappa shape index (κ2) is 7.14. The van der Waals surface area contributed by atoms with E-state index in [1.807, 2.05) is 11.8 Å². The third kappa shape index (κ3) is 5.16. The SMILES string of the molecule is CCCCCCN(CC)C(C)=O. The summed E-state index contributed by atoms with van der Waals surface area (Å²) in [5, 5.41) is 0. The Labute approximate surface area is 75.9 Å². The van der Waals surface area contributed by atoms with Crippen LogP contribution in [-0.2, 0) is 4.79 Å². The molecule has 0 saturated heterocycles. The third-order valence-corrected chi connectivity index (χ3v) is 2.11. The fourth-order valence-corrected chi connectivity index (χ4v) is 1.27. The van der Waals surface area contributed by atoms with E-state index < -0.39 is 0 Å². The summed E-state index contributed by atoms with van der Waals surface area (Å²) in [4.78, 5) is 12.9. The molecular formula is C10H21NO. The predicted molar refractivity (Wildman–Crippen MR) is 52.1 cm³/mol. The zero-order valence-corrected chi connectivity index (χ0v) is 8.60. The van der Waals surface area contributed by atoms with Gasteiger partial charge >= 0.3 is 0 Å². The number of carbonyl (C=O) groups is 1. The van der Waals surface area contributed by atoms with Crippen LogP contribution in [0.15, 0.2) is 0 Å². The average Bonchev–Trinajstić information content (AvgIpc) is 2.04.